The number of hydrogen-bond donors (Lipinski definition) is 0. The van der Waals surface area contributed by atoms with Crippen LogP contribution in [-0.4, -0.2) is 4.98 Å². The number of nitrogens with zero attached hydrogens (tertiary/aromatic N) is 1. The lowest BCUT2D eigenvalue weighted by Gasteiger charge is -2.26. The molecular formula is C9H13NO. The summed E-state index contributed by atoms with van der Waals surface area (Å²) >= 11 is 0. The van der Waals surface area contributed by atoms with Gasteiger partial charge in [0, 0.05) is 11.8 Å². The van der Waals surface area contributed by atoms with E-state index in [2.05, 4.69) is 18.8 Å². The molecule has 60 valence electrons. The Kier molecular flexibility index (Phi) is 1.31. The molecule has 11 heavy (non-hydrogen) atoms. The number of fused-ring (bicyclic) bond motifs is 1. The summed E-state index contributed by atoms with van der Waals surface area (Å²) in [7, 11) is 0. The second-order valence-corrected chi connectivity index (χ2v) is 3.86. The molecule has 0 atom stereocenters. The largest absolute Gasteiger partial charge is 0.448 e. The number of rotatable bonds is 0. The average Bonchev–Trinajstić information content (AvgIpc) is 2.34. The van der Waals surface area contributed by atoms with E-state index in [0.29, 0.717) is 0 Å². The zero-order chi connectivity index (χ0) is 7.90. The third-order valence-electron chi connectivity index (χ3n) is 2.49. The Labute approximate surface area is 66.6 Å². The molecule has 0 unspecified atom stereocenters. The fraction of sp³-hybridized carbons (Fsp3) is 0.667. The third kappa shape index (κ3) is 0.971. The molecule has 0 aliphatic heterocycles. The molecule has 2 heteroatoms. The van der Waals surface area contributed by atoms with Crippen molar-refractivity contribution < 1.29 is 4.42 Å². The van der Waals surface area contributed by atoms with Crippen molar-refractivity contribution in [3.05, 3.63) is 17.8 Å². The zero-order valence-corrected chi connectivity index (χ0v) is 7.05. The lowest BCUT2D eigenvalue weighted by molar-refractivity contribution is 0.385. The van der Waals surface area contributed by atoms with E-state index in [1.165, 1.54) is 18.5 Å². The van der Waals surface area contributed by atoms with Gasteiger partial charge in [0.25, 0.3) is 0 Å². The molecule has 0 saturated heterocycles. The quantitative estimate of drug-likeness (QED) is 0.568. The molecule has 2 rings (SSSR count). The number of oxazole rings is 1. The van der Waals surface area contributed by atoms with E-state index in [4.69, 9.17) is 4.42 Å². The van der Waals surface area contributed by atoms with Gasteiger partial charge in [0.15, 0.2) is 6.39 Å². The topological polar surface area (TPSA) is 26.0 Å². The van der Waals surface area contributed by atoms with Crippen molar-refractivity contribution in [3.8, 4) is 0 Å². The molecule has 1 aliphatic carbocycles. The van der Waals surface area contributed by atoms with Gasteiger partial charge in [0.05, 0.1) is 5.69 Å². The monoisotopic (exact) mass is 151 g/mol. The van der Waals surface area contributed by atoms with E-state index in [1.807, 2.05) is 0 Å². The number of hydrogen-bond acceptors (Lipinski definition) is 2. The summed E-state index contributed by atoms with van der Waals surface area (Å²) in [6.07, 6.45) is 5.10. The molecule has 1 heterocycles. The van der Waals surface area contributed by atoms with Crippen molar-refractivity contribution in [3.63, 3.8) is 0 Å². The molecule has 1 aromatic rings. The fourth-order valence-electron chi connectivity index (χ4n) is 1.81. The molecule has 2 nitrogen and oxygen atoms in total. The smallest absolute Gasteiger partial charge is 0.181 e. The summed E-state index contributed by atoms with van der Waals surface area (Å²) in [5, 5.41) is 0. The van der Waals surface area contributed by atoms with Crippen LogP contribution in [-0.2, 0) is 11.8 Å². The van der Waals surface area contributed by atoms with Gasteiger partial charge < -0.3 is 4.42 Å². The second-order valence-electron chi connectivity index (χ2n) is 3.86. The highest BCUT2D eigenvalue weighted by atomic mass is 16.3. The zero-order valence-electron chi connectivity index (χ0n) is 7.05. The van der Waals surface area contributed by atoms with Crippen LogP contribution in [0.4, 0.5) is 0 Å². The minimum absolute atomic E-state index is 0.237. The van der Waals surface area contributed by atoms with Crippen molar-refractivity contribution >= 4 is 0 Å². The van der Waals surface area contributed by atoms with Crippen molar-refractivity contribution in [2.45, 2.75) is 38.5 Å². The Morgan fingerprint density at radius 2 is 2.36 bits per heavy atom. The van der Waals surface area contributed by atoms with E-state index in [0.717, 1.165) is 12.2 Å². The SMILES string of the molecule is CC1(C)CCCc2ocnc21. The Balaban J connectivity index is 2.48. The van der Waals surface area contributed by atoms with Crippen LogP contribution >= 0.6 is 0 Å². The van der Waals surface area contributed by atoms with Gasteiger partial charge in [0.2, 0.25) is 0 Å². The van der Waals surface area contributed by atoms with Crippen LogP contribution in [0.3, 0.4) is 0 Å². The molecule has 0 bridgehead atoms. The Morgan fingerprint density at radius 3 is 3.09 bits per heavy atom. The van der Waals surface area contributed by atoms with E-state index < -0.39 is 0 Å². The standard InChI is InChI=1S/C9H13NO/c1-9(2)5-3-4-7-8(9)10-6-11-7/h6H,3-5H2,1-2H3. The summed E-state index contributed by atoms with van der Waals surface area (Å²) in [4.78, 5) is 4.24. The third-order valence-corrected chi connectivity index (χ3v) is 2.49. The molecule has 0 fully saturated rings. The van der Waals surface area contributed by atoms with Crippen LogP contribution < -0.4 is 0 Å². The molecule has 0 aromatic carbocycles. The van der Waals surface area contributed by atoms with Gasteiger partial charge in [-0.3, -0.25) is 0 Å². The first-order valence-electron chi connectivity index (χ1n) is 4.13. The predicted molar refractivity (Wildman–Crippen MR) is 42.5 cm³/mol. The van der Waals surface area contributed by atoms with Gasteiger partial charge >= 0.3 is 0 Å². The maximum absolute atomic E-state index is 5.28. The predicted octanol–water partition coefficient (Wildman–Crippen LogP) is 2.29. The lowest BCUT2D eigenvalue weighted by atomic mass is 9.78. The minimum Gasteiger partial charge on any atom is -0.448 e. The average molecular weight is 151 g/mol. The molecule has 0 radical (unpaired) electrons. The van der Waals surface area contributed by atoms with E-state index in [1.54, 1.807) is 6.39 Å². The van der Waals surface area contributed by atoms with Crippen molar-refractivity contribution in [1.82, 2.24) is 4.98 Å². The fourth-order valence-corrected chi connectivity index (χ4v) is 1.81. The van der Waals surface area contributed by atoms with Crippen LogP contribution in [0.5, 0.6) is 0 Å². The molecule has 0 N–H and O–H groups in total. The molecule has 1 aromatic heterocycles. The van der Waals surface area contributed by atoms with Crippen LogP contribution in [0.25, 0.3) is 0 Å². The first-order valence-corrected chi connectivity index (χ1v) is 4.13. The van der Waals surface area contributed by atoms with Gasteiger partial charge in [-0.1, -0.05) is 13.8 Å². The summed E-state index contributed by atoms with van der Waals surface area (Å²) in [5.41, 5.74) is 1.41. The van der Waals surface area contributed by atoms with Crippen LogP contribution in [0.1, 0.15) is 38.1 Å². The van der Waals surface area contributed by atoms with Gasteiger partial charge in [-0.2, -0.15) is 0 Å². The lowest BCUT2D eigenvalue weighted by Crippen LogP contribution is -2.23. The summed E-state index contributed by atoms with van der Waals surface area (Å²) in [6.45, 7) is 4.46. The highest BCUT2D eigenvalue weighted by Crippen LogP contribution is 2.35. The first kappa shape index (κ1) is 6.89. The number of aryl methyl sites for hydroxylation is 1. The van der Waals surface area contributed by atoms with Crippen LogP contribution in [0.15, 0.2) is 10.8 Å². The molecule has 0 saturated carbocycles. The molecule has 0 amide bonds. The van der Waals surface area contributed by atoms with Gasteiger partial charge in [-0.15, -0.1) is 0 Å². The van der Waals surface area contributed by atoms with Gasteiger partial charge in [-0.05, 0) is 12.8 Å². The Hall–Kier alpha value is -0.790. The second kappa shape index (κ2) is 2.10. The van der Waals surface area contributed by atoms with Crippen molar-refractivity contribution in [1.29, 1.82) is 0 Å². The van der Waals surface area contributed by atoms with Crippen LogP contribution in [0, 0.1) is 0 Å². The number of aromatic nitrogens is 1. The Bertz CT molecular complexity index is 262. The van der Waals surface area contributed by atoms with Crippen molar-refractivity contribution in [2.24, 2.45) is 0 Å². The molecule has 1 aliphatic rings. The van der Waals surface area contributed by atoms with Gasteiger partial charge in [-0.25, -0.2) is 4.98 Å². The highest BCUT2D eigenvalue weighted by molar-refractivity contribution is 5.20. The minimum atomic E-state index is 0.237. The maximum Gasteiger partial charge on any atom is 0.181 e. The van der Waals surface area contributed by atoms with E-state index >= 15 is 0 Å². The summed E-state index contributed by atoms with van der Waals surface area (Å²) in [5.74, 6) is 1.10. The first-order chi connectivity index (χ1) is 5.20. The molecule has 0 spiro atoms. The maximum atomic E-state index is 5.28. The summed E-state index contributed by atoms with van der Waals surface area (Å²) in [6, 6.07) is 0. The Morgan fingerprint density at radius 1 is 1.55 bits per heavy atom. The van der Waals surface area contributed by atoms with E-state index in [9.17, 15) is 0 Å². The van der Waals surface area contributed by atoms with Gasteiger partial charge in [0.1, 0.15) is 5.76 Å². The highest BCUT2D eigenvalue weighted by Gasteiger charge is 2.30. The summed E-state index contributed by atoms with van der Waals surface area (Å²) < 4.78 is 5.28. The molecular weight excluding hydrogens is 138 g/mol. The van der Waals surface area contributed by atoms with Crippen molar-refractivity contribution in [2.75, 3.05) is 0 Å². The van der Waals surface area contributed by atoms with E-state index in [-0.39, 0.29) is 5.41 Å². The normalized spacial score (nSPS) is 21.3. The van der Waals surface area contributed by atoms with Crippen LogP contribution in [0.2, 0.25) is 0 Å².